The van der Waals surface area contributed by atoms with Gasteiger partial charge in [-0.05, 0) is 70.5 Å². The molecule has 1 unspecified atom stereocenters. The number of benzene rings is 3. The zero-order valence-corrected chi connectivity index (χ0v) is 20.7. The molecule has 2 aromatic heterocycles. The first-order chi connectivity index (χ1) is 16.9. The Hall–Kier alpha value is -3.41. The summed E-state index contributed by atoms with van der Waals surface area (Å²) in [5.41, 5.74) is 7.04. The standard InChI is InChI=1S/C28H21FN2O2S2/c1-16-6-7-24-21(10-16)27(20-8-9-34-25(20)14-30)28(31-24)18-5-3-4-17(11-18)19-12-23(29)22(15-32)26(13-19)35(2)33/h3-13,31-32H,15H2,1-2H3. The Balaban J connectivity index is 1.73. The minimum Gasteiger partial charge on any atom is -0.612 e. The number of halogens is 1. The number of thiophene rings is 1. The number of hydrogen-bond donors (Lipinski definition) is 2. The van der Waals surface area contributed by atoms with E-state index in [0.717, 1.165) is 44.4 Å². The number of fused-ring (bicyclic) bond motifs is 1. The highest BCUT2D eigenvalue weighted by Crippen LogP contribution is 2.42. The molecular formula is C28H21FN2O2S2. The topological polar surface area (TPSA) is 82.9 Å². The molecule has 0 spiro atoms. The zero-order chi connectivity index (χ0) is 24.7. The third kappa shape index (κ3) is 4.15. The molecule has 0 fully saturated rings. The normalized spacial score (nSPS) is 12.1. The Morgan fingerprint density at radius 2 is 1.89 bits per heavy atom. The fourth-order valence-corrected chi connectivity index (χ4v) is 5.93. The molecule has 35 heavy (non-hydrogen) atoms. The van der Waals surface area contributed by atoms with Crippen LogP contribution in [0.1, 0.15) is 16.0 Å². The summed E-state index contributed by atoms with van der Waals surface area (Å²) in [6.07, 6.45) is 1.47. The van der Waals surface area contributed by atoms with E-state index in [4.69, 9.17) is 0 Å². The van der Waals surface area contributed by atoms with Gasteiger partial charge in [-0.15, -0.1) is 11.3 Å². The van der Waals surface area contributed by atoms with Crippen LogP contribution in [-0.2, 0) is 17.8 Å². The molecule has 0 aliphatic carbocycles. The SMILES string of the molecule is Cc1ccc2[nH]c(-c3cccc(-c4cc(F)c(CO)c([S+](C)[O-])c4)c3)c(-c3ccsc3C#N)c2c1. The van der Waals surface area contributed by atoms with Crippen LogP contribution >= 0.6 is 11.3 Å². The minimum absolute atomic E-state index is 0.0560. The number of aryl methyl sites for hydroxylation is 1. The van der Waals surface area contributed by atoms with Gasteiger partial charge in [-0.2, -0.15) is 5.26 Å². The lowest BCUT2D eigenvalue weighted by molar-refractivity contribution is 0.272. The lowest BCUT2D eigenvalue weighted by Gasteiger charge is -2.13. The lowest BCUT2D eigenvalue weighted by atomic mass is 9.95. The van der Waals surface area contributed by atoms with Crippen molar-refractivity contribution < 1.29 is 14.0 Å². The summed E-state index contributed by atoms with van der Waals surface area (Å²) < 4.78 is 27.0. The summed E-state index contributed by atoms with van der Waals surface area (Å²) in [7, 11) is 0. The van der Waals surface area contributed by atoms with E-state index in [-0.39, 0.29) is 10.5 Å². The van der Waals surface area contributed by atoms with Gasteiger partial charge in [0.1, 0.15) is 23.0 Å². The van der Waals surface area contributed by atoms with Gasteiger partial charge in [0.15, 0.2) is 4.90 Å². The van der Waals surface area contributed by atoms with Crippen LogP contribution in [0.4, 0.5) is 4.39 Å². The fourth-order valence-electron chi connectivity index (χ4n) is 4.44. The zero-order valence-electron chi connectivity index (χ0n) is 19.1. The van der Waals surface area contributed by atoms with Gasteiger partial charge in [0.05, 0.1) is 17.9 Å². The van der Waals surface area contributed by atoms with Crippen molar-refractivity contribution in [2.24, 2.45) is 0 Å². The number of nitrogens with zero attached hydrogens (tertiary/aromatic N) is 1. The largest absolute Gasteiger partial charge is 0.612 e. The number of aliphatic hydroxyl groups excluding tert-OH is 1. The predicted octanol–water partition coefficient (Wildman–Crippen LogP) is 6.78. The molecule has 7 heteroatoms. The Kier molecular flexibility index (Phi) is 6.22. The van der Waals surface area contributed by atoms with Gasteiger partial charge in [-0.1, -0.05) is 29.8 Å². The van der Waals surface area contributed by atoms with E-state index < -0.39 is 23.6 Å². The van der Waals surface area contributed by atoms with Gasteiger partial charge in [-0.3, -0.25) is 0 Å². The van der Waals surface area contributed by atoms with Crippen molar-refractivity contribution in [3.05, 3.63) is 87.9 Å². The highest BCUT2D eigenvalue weighted by Gasteiger charge is 2.21. The van der Waals surface area contributed by atoms with Crippen molar-refractivity contribution in [2.45, 2.75) is 18.4 Å². The summed E-state index contributed by atoms with van der Waals surface area (Å²) >= 11 is -0.0444. The number of aliphatic hydroxyl groups is 1. The number of nitrogens with one attached hydrogen (secondary N) is 1. The Morgan fingerprint density at radius 3 is 2.63 bits per heavy atom. The molecule has 0 aliphatic rings. The summed E-state index contributed by atoms with van der Waals surface area (Å²) in [5.74, 6) is -0.584. The van der Waals surface area contributed by atoms with Crippen molar-refractivity contribution in [3.63, 3.8) is 0 Å². The first-order valence-electron chi connectivity index (χ1n) is 10.9. The molecule has 174 valence electrons. The molecule has 0 radical (unpaired) electrons. The summed E-state index contributed by atoms with van der Waals surface area (Å²) in [6.45, 7) is 1.52. The molecule has 4 nitrogen and oxygen atoms in total. The number of hydrogen-bond acceptors (Lipinski definition) is 4. The molecule has 0 saturated carbocycles. The Bertz CT molecular complexity index is 1610. The highest BCUT2D eigenvalue weighted by molar-refractivity contribution is 7.90. The number of nitriles is 1. The van der Waals surface area contributed by atoms with E-state index in [2.05, 4.69) is 17.1 Å². The van der Waals surface area contributed by atoms with Gasteiger partial charge < -0.3 is 14.6 Å². The predicted molar refractivity (Wildman–Crippen MR) is 140 cm³/mol. The molecule has 0 aliphatic heterocycles. The molecule has 0 bridgehead atoms. The highest BCUT2D eigenvalue weighted by atomic mass is 32.2. The van der Waals surface area contributed by atoms with Gasteiger partial charge in [0.25, 0.3) is 0 Å². The third-order valence-corrected chi connectivity index (χ3v) is 7.90. The molecule has 5 aromatic rings. The monoisotopic (exact) mass is 500 g/mol. The maximum absolute atomic E-state index is 14.8. The van der Waals surface area contributed by atoms with Crippen molar-refractivity contribution in [1.82, 2.24) is 4.98 Å². The average molecular weight is 501 g/mol. The summed E-state index contributed by atoms with van der Waals surface area (Å²) in [5, 5.41) is 22.2. The van der Waals surface area contributed by atoms with Crippen molar-refractivity contribution in [2.75, 3.05) is 6.26 Å². The maximum Gasteiger partial charge on any atom is 0.161 e. The van der Waals surface area contributed by atoms with Crippen LogP contribution in [0.3, 0.4) is 0 Å². The minimum atomic E-state index is -1.45. The third-order valence-electron chi connectivity index (χ3n) is 6.10. The second kappa shape index (κ2) is 9.33. The van der Waals surface area contributed by atoms with Crippen LogP contribution in [-0.4, -0.2) is 20.9 Å². The van der Waals surface area contributed by atoms with E-state index in [1.54, 1.807) is 6.07 Å². The van der Waals surface area contributed by atoms with Crippen LogP contribution in [0.5, 0.6) is 0 Å². The number of aromatic nitrogens is 1. The maximum atomic E-state index is 14.8. The lowest BCUT2D eigenvalue weighted by Crippen LogP contribution is -2.05. The smallest absolute Gasteiger partial charge is 0.161 e. The van der Waals surface area contributed by atoms with Gasteiger partial charge in [0, 0.05) is 28.1 Å². The van der Waals surface area contributed by atoms with Gasteiger partial charge >= 0.3 is 0 Å². The van der Waals surface area contributed by atoms with E-state index in [1.807, 2.05) is 54.8 Å². The van der Waals surface area contributed by atoms with E-state index >= 15 is 0 Å². The second-order valence-electron chi connectivity index (χ2n) is 8.33. The molecule has 2 heterocycles. The van der Waals surface area contributed by atoms with Crippen LogP contribution < -0.4 is 0 Å². The molecule has 5 rings (SSSR count). The van der Waals surface area contributed by atoms with Crippen LogP contribution in [0.2, 0.25) is 0 Å². The van der Waals surface area contributed by atoms with Gasteiger partial charge in [0.2, 0.25) is 0 Å². The van der Waals surface area contributed by atoms with Crippen LogP contribution in [0.15, 0.2) is 70.9 Å². The Morgan fingerprint density at radius 1 is 1.09 bits per heavy atom. The van der Waals surface area contributed by atoms with Crippen molar-refractivity contribution >= 4 is 33.4 Å². The quantitative estimate of drug-likeness (QED) is 0.261. The molecule has 0 amide bonds. The van der Waals surface area contributed by atoms with Crippen molar-refractivity contribution in [3.8, 4) is 39.6 Å². The molecule has 3 aromatic carbocycles. The number of rotatable bonds is 5. The summed E-state index contributed by atoms with van der Waals surface area (Å²) in [6, 6.07) is 21.2. The Labute approximate surface area is 209 Å². The molecule has 0 saturated heterocycles. The molecule has 1 atom stereocenters. The van der Waals surface area contributed by atoms with E-state index in [1.165, 1.54) is 23.7 Å². The first kappa shape index (κ1) is 23.3. The number of aromatic amines is 1. The van der Waals surface area contributed by atoms with Crippen molar-refractivity contribution in [1.29, 1.82) is 5.26 Å². The number of H-pyrrole nitrogens is 1. The molecule has 2 N–H and O–H groups in total. The average Bonchev–Trinajstić information content (AvgIpc) is 3.47. The summed E-state index contributed by atoms with van der Waals surface area (Å²) in [4.78, 5) is 4.45. The van der Waals surface area contributed by atoms with Gasteiger partial charge in [-0.25, -0.2) is 4.39 Å². The van der Waals surface area contributed by atoms with Crippen LogP contribution in [0.25, 0.3) is 44.4 Å². The second-order valence-corrected chi connectivity index (χ2v) is 10.6. The molecular weight excluding hydrogens is 479 g/mol. The fraction of sp³-hybridized carbons (Fsp3) is 0.107. The van der Waals surface area contributed by atoms with Crippen LogP contribution in [0, 0.1) is 24.1 Å². The first-order valence-corrected chi connectivity index (χ1v) is 13.3. The van der Waals surface area contributed by atoms with E-state index in [0.29, 0.717) is 10.4 Å². The van der Waals surface area contributed by atoms with E-state index in [9.17, 15) is 19.3 Å².